The van der Waals surface area contributed by atoms with Crippen LogP contribution in [0.15, 0.2) is 78.9 Å². The maximum absolute atomic E-state index is 13.3. The molecule has 1 heterocycles. The van der Waals surface area contributed by atoms with Crippen molar-refractivity contribution in [1.82, 2.24) is 10.2 Å². The number of benzene rings is 3. The van der Waals surface area contributed by atoms with Crippen LogP contribution in [0.25, 0.3) is 11.1 Å². The quantitative estimate of drug-likeness (QED) is 0.359. The fourth-order valence-corrected chi connectivity index (χ4v) is 5.38. The van der Waals surface area contributed by atoms with Gasteiger partial charge in [0.25, 0.3) is 0 Å². The van der Waals surface area contributed by atoms with Crippen LogP contribution in [0.4, 0.5) is 4.79 Å². The Morgan fingerprint density at radius 2 is 1.46 bits per heavy atom. The number of likely N-dealkylation sites (tertiary alicyclic amines) is 1. The van der Waals surface area contributed by atoms with E-state index in [0.717, 1.165) is 27.8 Å². The molecule has 1 fully saturated rings. The SMILES string of the molecule is CC(C(=O)O)C1CN(C(=O)[C@H](CC(=O)OCc2ccccc2)NC(=O)OCC2c3ccccc3-c3ccccc32)C1. The van der Waals surface area contributed by atoms with Gasteiger partial charge in [0, 0.05) is 24.9 Å². The Bertz CT molecular complexity index is 1390. The average molecular weight is 557 g/mol. The zero-order chi connectivity index (χ0) is 28.9. The Balaban J connectivity index is 1.23. The summed E-state index contributed by atoms with van der Waals surface area (Å²) >= 11 is 0. The molecule has 1 aliphatic heterocycles. The van der Waals surface area contributed by atoms with E-state index in [1.807, 2.05) is 78.9 Å². The molecule has 1 saturated heterocycles. The number of esters is 1. The van der Waals surface area contributed by atoms with Crippen molar-refractivity contribution in [2.75, 3.05) is 19.7 Å². The second-order valence-electron chi connectivity index (χ2n) is 10.5. The number of fused-ring (bicyclic) bond motifs is 3. The molecular formula is C32H32N2O7. The number of nitrogens with zero attached hydrogens (tertiary/aromatic N) is 1. The number of carbonyl (C=O) groups is 4. The zero-order valence-corrected chi connectivity index (χ0v) is 22.7. The van der Waals surface area contributed by atoms with E-state index in [9.17, 15) is 24.3 Å². The second-order valence-corrected chi connectivity index (χ2v) is 10.5. The fraction of sp³-hybridized carbons (Fsp3) is 0.312. The molecule has 212 valence electrons. The maximum Gasteiger partial charge on any atom is 0.407 e. The molecule has 1 aliphatic carbocycles. The second kappa shape index (κ2) is 12.2. The van der Waals surface area contributed by atoms with Crippen molar-refractivity contribution in [1.29, 1.82) is 0 Å². The number of aliphatic carboxylic acids is 1. The lowest BCUT2D eigenvalue weighted by Gasteiger charge is -2.42. The number of carbonyl (C=O) groups excluding carboxylic acids is 3. The highest BCUT2D eigenvalue weighted by Crippen LogP contribution is 2.44. The molecular weight excluding hydrogens is 524 g/mol. The van der Waals surface area contributed by atoms with Crippen LogP contribution in [-0.2, 0) is 30.5 Å². The summed E-state index contributed by atoms with van der Waals surface area (Å²) in [5.41, 5.74) is 5.08. The van der Waals surface area contributed by atoms with E-state index in [1.165, 1.54) is 4.90 Å². The summed E-state index contributed by atoms with van der Waals surface area (Å²) in [6.45, 7) is 2.15. The van der Waals surface area contributed by atoms with Gasteiger partial charge in [-0.1, -0.05) is 85.8 Å². The number of carboxylic acids is 1. The first kappa shape index (κ1) is 27.9. The lowest BCUT2D eigenvalue weighted by atomic mass is 9.86. The third-order valence-electron chi connectivity index (χ3n) is 7.87. The van der Waals surface area contributed by atoms with Crippen LogP contribution < -0.4 is 5.32 Å². The molecule has 9 heteroatoms. The predicted molar refractivity (Wildman–Crippen MR) is 150 cm³/mol. The van der Waals surface area contributed by atoms with E-state index >= 15 is 0 Å². The van der Waals surface area contributed by atoms with Gasteiger partial charge in [-0.2, -0.15) is 0 Å². The third kappa shape index (κ3) is 6.24. The largest absolute Gasteiger partial charge is 0.481 e. The third-order valence-corrected chi connectivity index (χ3v) is 7.87. The molecule has 0 radical (unpaired) electrons. The highest BCUT2D eigenvalue weighted by Gasteiger charge is 2.40. The van der Waals surface area contributed by atoms with Gasteiger partial charge in [-0.05, 0) is 27.8 Å². The normalized spacial score (nSPS) is 15.6. The van der Waals surface area contributed by atoms with Gasteiger partial charge in [0.2, 0.25) is 5.91 Å². The van der Waals surface area contributed by atoms with Crippen LogP contribution in [-0.4, -0.2) is 59.7 Å². The first-order chi connectivity index (χ1) is 19.8. The van der Waals surface area contributed by atoms with E-state index in [0.29, 0.717) is 0 Å². The van der Waals surface area contributed by atoms with Gasteiger partial charge in [0.1, 0.15) is 19.3 Å². The summed E-state index contributed by atoms with van der Waals surface area (Å²) in [5.74, 6) is -3.03. The highest BCUT2D eigenvalue weighted by molar-refractivity contribution is 5.90. The van der Waals surface area contributed by atoms with Crippen LogP contribution in [0, 0.1) is 11.8 Å². The molecule has 5 rings (SSSR count). The van der Waals surface area contributed by atoms with E-state index in [-0.39, 0.29) is 44.6 Å². The zero-order valence-electron chi connectivity index (χ0n) is 22.7. The summed E-state index contributed by atoms with van der Waals surface area (Å²) in [6.07, 6.45) is -1.21. The van der Waals surface area contributed by atoms with Gasteiger partial charge in [0.05, 0.1) is 12.3 Å². The van der Waals surface area contributed by atoms with Crippen LogP contribution in [0.5, 0.6) is 0 Å². The number of carboxylic acid groups (broad SMARTS) is 1. The number of nitrogens with one attached hydrogen (secondary N) is 1. The van der Waals surface area contributed by atoms with Gasteiger partial charge in [-0.25, -0.2) is 4.79 Å². The monoisotopic (exact) mass is 556 g/mol. The number of amides is 2. The lowest BCUT2D eigenvalue weighted by molar-refractivity contribution is -0.153. The molecule has 3 aromatic rings. The number of alkyl carbamates (subject to hydrolysis) is 1. The van der Waals surface area contributed by atoms with E-state index in [1.54, 1.807) is 6.92 Å². The van der Waals surface area contributed by atoms with Crippen LogP contribution in [0.1, 0.15) is 36.0 Å². The Morgan fingerprint density at radius 1 is 0.878 bits per heavy atom. The molecule has 0 spiro atoms. The predicted octanol–water partition coefficient (Wildman–Crippen LogP) is 4.21. The van der Waals surface area contributed by atoms with E-state index in [4.69, 9.17) is 9.47 Å². The summed E-state index contributed by atoms with van der Waals surface area (Å²) in [6, 6.07) is 23.8. The maximum atomic E-state index is 13.3. The Labute approximate surface area is 238 Å². The van der Waals surface area contributed by atoms with Crippen molar-refractivity contribution >= 4 is 23.9 Å². The highest BCUT2D eigenvalue weighted by atomic mass is 16.5. The summed E-state index contributed by atoms with van der Waals surface area (Å²) in [5, 5.41) is 11.8. The van der Waals surface area contributed by atoms with Crippen molar-refractivity contribution < 1.29 is 33.8 Å². The van der Waals surface area contributed by atoms with Crippen molar-refractivity contribution in [2.45, 2.75) is 31.9 Å². The summed E-state index contributed by atoms with van der Waals surface area (Å²) in [7, 11) is 0. The number of hydrogen-bond donors (Lipinski definition) is 2. The Kier molecular flexibility index (Phi) is 8.33. The Hall–Kier alpha value is -4.66. The molecule has 0 bridgehead atoms. The standard InChI is InChI=1S/C32H32N2O7/c1-20(31(37)38)22-16-34(17-22)30(36)28(15-29(35)40-18-21-9-3-2-4-10-21)33-32(39)41-19-27-25-13-7-5-11-23(25)24-12-6-8-14-26(24)27/h2-14,20,22,27-28H,15-19H2,1H3,(H,33,39)(H,37,38)/t20?,28-/m0/s1. The molecule has 0 saturated carbocycles. The van der Waals surface area contributed by atoms with Crippen molar-refractivity contribution in [2.24, 2.45) is 11.8 Å². The minimum absolute atomic E-state index is 0.0352. The Morgan fingerprint density at radius 3 is 2.07 bits per heavy atom. The van der Waals surface area contributed by atoms with Crippen molar-refractivity contribution in [3.05, 3.63) is 95.6 Å². The minimum Gasteiger partial charge on any atom is -0.481 e. The summed E-state index contributed by atoms with van der Waals surface area (Å²) in [4.78, 5) is 51.7. The molecule has 0 aromatic heterocycles. The van der Waals surface area contributed by atoms with Gasteiger partial charge in [-0.15, -0.1) is 0 Å². The molecule has 2 N–H and O–H groups in total. The molecule has 9 nitrogen and oxygen atoms in total. The van der Waals surface area contributed by atoms with Crippen LogP contribution in [0.3, 0.4) is 0 Å². The summed E-state index contributed by atoms with van der Waals surface area (Å²) < 4.78 is 11.0. The number of hydrogen-bond acceptors (Lipinski definition) is 6. The molecule has 1 unspecified atom stereocenters. The molecule has 41 heavy (non-hydrogen) atoms. The first-order valence-electron chi connectivity index (χ1n) is 13.6. The molecule has 2 aliphatic rings. The van der Waals surface area contributed by atoms with Crippen LogP contribution >= 0.6 is 0 Å². The number of rotatable bonds is 10. The van der Waals surface area contributed by atoms with Gasteiger partial charge in [0.15, 0.2) is 0 Å². The van der Waals surface area contributed by atoms with Gasteiger partial charge >= 0.3 is 18.0 Å². The average Bonchev–Trinajstić information content (AvgIpc) is 3.28. The van der Waals surface area contributed by atoms with Crippen molar-refractivity contribution in [3.63, 3.8) is 0 Å². The van der Waals surface area contributed by atoms with Gasteiger partial charge in [-0.3, -0.25) is 14.4 Å². The van der Waals surface area contributed by atoms with Crippen LogP contribution in [0.2, 0.25) is 0 Å². The smallest absolute Gasteiger partial charge is 0.407 e. The fourth-order valence-electron chi connectivity index (χ4n) is 5.38. The van der Waals surface area contributed by atoms with Crippen molar-refractivity contribution in [3.8, 4) is 11.1 Å². The first-order valence-corrected chi connectivity index (χ1v) is 13.6. The van der Waals surface area contributed by atoms with Gasteiger partial charge < -0.3 is 24.8 Å². The lowest BCUT2D eigenvalue weighted by Crippen LogP contribution is -2.59. The van der Waals surface area contributed by atoms with E-state index in [2.05, 4.69) is 5.32 Å². The van der Waals surface area contributed by atoms with E-state index < -0.39 is 35.9 Å². The molecule has 2 atom stereocenters. The molecule has 3 aromatic carbocycles. The number of ether oxygens (including phenoxy) is 2. The topological polar surface area (TPSA) is 122 Å². The molecule has 2 amide bonds. The minimum atomic E-state index is -1.21.